The summed E-state index contributed by atoms with van der Waals surface area (Å²) in [5.41, 5.74) is 9.78. The van der Waals surface area contributed by atoms with Crippen molar-refractivity contribution in [3.05, 3.63) is 59.7 Å². The Morgan fingerprint density at radius 1 is 1.10 bits per heavy atom. The first kappa shape index (κ1) is 14.9. The van der Waals surface area contributed by atoms with E-state index in [0.29, 0.717) is 6.54 Å². The van der Waals surface area contributed by atoms with E-state index in [0.717, 1.165) is 0 Å². The molecule has 0 saturated heterocycles. The Morgan fingerprint density at radius 2 is 1.75 bits per heavy atom. The van der Waals surface area contributed by atoms with Gasteiger partial charge in [0.15, 0.2) is 0 Å². The van der Waals surface area contributed by atoms with Gasteiger partial charge in [-0.1, -0.05) is 30.3 Å². The third-order valence-corrected chi connectivity index (χ3v) is 4.43. The van der Waals surface area contributed by atoms with Gasteiger partial charge in [-0.05, 0) is 42.5 Å². The van der Waals surface area contributed by atoms with Crippen molar-refractivity contribution in [2.45, 2.75) is 17.9 Å². The van der Waals surface area contributed by atoms with Gasteiger partial charge in [-0.2, -0.15) is 0 Å². The molecule has 0 spiro atoms. The molecule has 0 amide bonds. The normalized spacial score (nSPS) is 12.2. The second-order valence-corrected chi connectivity index (χ2v) is 5.80. The first-order chi connectivity index (χ1) is 9.67. The van der Waals surface area contributed by atoms with Crippen molar-refractivity contribution < 1.29 is 0 Å². The van der Waals surface area contributed by atoms with Gasteiger partial charge < -0.3 is 10.6 Å². The smallest absolute Gasteiger partial charge is 0.0661 e. The molecule has 1 unspecified atom stereocenters. The zero-order valence-electron chi connectivity index (χ0n) is 12.3. The van der Waals surface area contributed by atoms with Crippen LogP contribution in [0, 0.1) is 6.92 Å². The van der Waals surface area contributed by atoms with Gasteiger partial charge in [0, 0.05) is 24.2 Å². The van der Waals surface area contributed by atoms with Crippen LogP contribution in [0.2, 0.25) is 0 Å². The maximum Gasteiger partial charge on any atom is 0.0661 e. The molecule has 0 aliphatic heterocycles. The Hall–Kier alpha value is -1.45. The molecule has 0 bridgehead atoms. The molecule has 2 N–H and O–H groups in total. The van der Waals surface area contributed by atoms with Gasteiger partial charge in [0.25, 0.3) is 0 Å². The van der Waals surface area contributed by atoms with Crippen LogP contribution in [0.3, 0.4) is 0 Å². The lowest BCUT2D eigenvalue weighted by Crippen LogP contribution is -2.30. The topological polar surface area (TPSA) is 29.3 Å². The number of aryl methyl sites for hydroxylation is 1. The number of hydrogen-bond donors (Lipinski definition) is 1. The monoisotopic (exact) mass is 286 g/mol. The Bertz CT molecular complexity index is 551. The van der Waals surface area contributed by atoms with Crippen LogP contribution in [0.4, 0.5) is 5.69 Å². The molecule has 0 aliphatic carbocycles. The zero-order chi connectivity index (χ0) is 14.5. The van der Waals surface area contributed by atoms with E-state index in [1.807, 2.05) is 0 Å². The number of rotatable bonds is 5. The molecule has 3 heteroatoms. The number of nitrogens with two attached hydrogens (primary N) is 1. The molecule has 0 heterocycles. The van der Waals surface area contributed by atoms with E-state index in [1.54, 1.807) is 11.8 Å². The fourth-order valence-electron chi connectivity index (χ4n) is 2.47. The average Bonchev–Trinajstić information content (AvgIpc) is 2.49. The van der Waals surface area contributed by atoms with Crippen molar-refractivity contribution in [1.29, 1.82) is 0 Å². The number of benzene rings is 2. The van der Waals surface area contributed by atoms with Crippen LogP contribution in [-0.2, 0) is 0 Å². The number of anilines is 1. The number of nitrogens with zero attached hydrogens (tertiary/aromatic N) is 1. The molecular formula is C17H22N2S. The highest BCUT2D eigenvalue weighted by molar-refractivity contribution is 7.98. The molecule has 1 atom stereocenters. The number of hydrogen-bond acceptors (Lipinski definition) is 3. The molecular weight excluding hydrogens is 264 g/mol. The summed E-state index contributed by atoms with van der Waals surface area (Å²) in [7, 11) is 2.11. The summed E-state index contributed by atoms with van der Waals surface area (Å²) in [5.74, 6) is 0. The maximum atomic E-state index is 6.02. The van der Waals surface area contributed by atoms with E-state index in [9.17, 15) is 0 Å². The van der Waals surface area contributed by atoms with E-state index in [1.165, 1.54) is 21.7 Å². The van der Waals surface area contributed by atoms with Gasteiger partial charge in [-0.25, -0.2) is 0 Å². The lowest BCUT2D eigenvalue weighted by molar-refractivity contribution is 0.678. The molecule has 2 rings (SSSR count). The predicted octanol–water partition coefficient (Wildman–Crippen LogP) is 3.85. The summed E-state index contributed by atoms with van der Waals surface area (Å²) < 4.78 is 0. The van der Waals surface area contributed by atoms with Crippen molar-refractivity contribution in [1.82, 2.24) is 0 Å². The van der Waals surface area contributed by atoms with Crippen molar-refractivity contribution in [3.63, 3.8) is 0 Å². The molecule has 0 radical (unpaired) electrons. The largest absolute Gasteiger partial charge is 0.366 e. The Labute approximate surface area is 126 Å². The number of likely N-dealkylation sites (N-methyl/N-ethyl adjacent to an activating group) is 1. The van der Waals surface area contributed by atoms with Gasteiger partial charge in [0.2, 0.25) is 0 Å². The van der Waals surface area contributed by atoms with E-state index in [2.05, 4.69) is 73.7 Å². The molecule has 0 saturated carbocycles. The Balaban J connectivity index is 2.29. The predicted molar refractivity (Wildman–Crippen MR) is 89.6 cm³/mol. The van der Waals surface area contributed by atoms with Crippen LogP contribution >= 0.6 is 11.8 Å². The maximum absolute atomic E-state index is 6.02. The van der Waals surface area contributed by atoms with Crippen LogP contribution in [0.5, 0.6) is 0 Å². The van der Waals surface area contributed by atoms with Gasteiger partial charge in [-0.3, -0.25) is 0 Å². The molecule has 0 aromatic heterocycles. The second-order valence-electron chi connectivity index (χ2n) is 4.92. The minimum atomic E-state index is 0.201. The van der Waals surface area contributed by atoms with E-state index in [-0.39, 0.29) is 6.04 Å². The van der Waals surface area contributed by atoms with Crippen LogP contribution < -0.4 is 10.6 Å². The minimum absolute atomic E-state index is 0.201. The second kappa shape index (κ2) is 6.82. The van der Waals surface area contributed by atoms with Crippen LogP contribution in [0.15, 0.2) is 53.4 Å². The average molecular weight is 286 g/mol. The molecule has 2 aromatic carbocycles. The van der Waals surface area contributed by atoms with Gasteiger partial charge >= 0.3 is 0 Å². The highest BCUT2D eigenvalue weighted by atomic mass is 32.2. The first-order valence-electron chi connectivity index (χ1n) is 6.80. The van der Waals surface area contributed by atoms with Crippen molar-refractivity contribution in [2.75, 3.05) is 24.7 Å². The summed E-state index contributed by atoms with van der Waals surface area (Å²) in [6.45, 7) is 2.74. The highest BCUT2D eigenvalue weighted by Gasteiger charge is 2.17. The molecule has 2 nitrogen and oxygen atoms in total. The third kappa shape index (κ3) is 3.17. The van der Waals surface area contributed by atoms with Crippen molar-refractivity contribution in [3.8, 4) is 0 Å². The lowest BCUT2D eigenvalue weighted by Gasteiger charge is -2.30. The lowest BCUT2D eigenvalue weighted by atomic mass is 10.0. The fraction of sp³-hybridized carbons (Fsp3) is 0.294. The molecule has 20 heavy (non-hydrogen) atoms. The SMILES string of the molecule is CSc1ccc(C(CN)N(C)c2ccccc2C)cc1. The Morgan fingerprint density at radius 3 is 2.30 bits per heavy atom. The van der Waals surface area contributed by atoms with Crippen LogP contribution in [0.25, 0.3) is 0 Å². The number of para-hydroxylation sites is 1. The Kier molecular flexibility index (Phi) is 5.10. The van der Waals surface area contributed by atoms with Crippen LogP contribution in [0.1, 0.15) is 17.2 Å². The summed E-state index contributed by atoms with van der Waals surface area (Å²) >= 11 is 1.76. The van der Waals surface area contributed by atoms with Crippen molar-refractivity contribution >= 4 is 17.4 Å². The summed E-state index contributed by atoms with van der Waals surface area (Å²) in [6, 6.07) is 17.3. The number of thioether (sulfide) groups is 1. The molecule has 0 fully saturated rings. The summed E-state index contributed by atoms with van der Waals surface area (Å²) in [6.07, 6.45) is 2.09. The van der Waals surface area contributed by atoms with Crippen molar-refractivity contribution in [2.24, 2.45) is 5.73 Å². The molecule has 2 aromatic rings. The zero-order valence-corrected chi connectivity index (χ0v) is 13.2. The minimum Gasteiger partial charge on any atom is -0.366 e. The van der Waals surface area contributed by atoms with Gasteiger partial charge in [-0.15, -0.1) is 11.8 Å². The molecule has 106 valence electrons. The fourth-order valence-corrected chi connectivity index (χ4v) is 2.88. The van der Waals surface area contributed by atoms with Crippen LogP contribution in [-0.4, -0.2) is 19.8 Å². The van der Waals surface area contributed by atoms with E-state index >= 15 is 0 Å². The van der Waals surface area contributed by atoms with E-state index < -0.39 is 0 Å². The van der Waals surface area contributed by atoms with Gasteiger partial charge in [0.1, 0.15) is 0 Å². The first-order valence-corrected chi connectivity index (χ1v) is 8.02. The summed E-state index contributed by atoms with van der Waals surface area (Å²) in [4.78, 5) is 3.55. The van der Waals surface area contributed by atoms with Gasteiger partial charge in [0.05, 0.1) is 6.04 Å². The molecule has 0 aliphatic rings. The third-order valence-electron chi connectivity index (χ3n) is 3.69. The standard InChI is InChI=1S/C17H22N2S/c1-13-6-4-5-7-16(13)19(2)17(12-18)14-8-10-15(20-3)11-9-14/h4-11,17H,12,18H2,1-3H3. The van der Waals surface area contributed by atoms with E-state index in [4.69, 9.17) is 5.73 Å². The summed E-state index contributed by atoms with van der Waals surface area (Å²) in [5, 5.41) is 0. The highest BCUT2D eigenvalue weighted by Crippen LogP contribution is 2.28. The quantitative estimate of drug-likeness (QED) is 0.846.